The molecule has 4 N–H and O–H groups in total. The summed E-state index contributed by atoms with van der Waals surface area (Å²) in [6.45, 7) is 6.38. The van der Waals surface area contributed by atoms with Gasteiger partial charge < -0.3 is 34.9 Å². The highest BCUT2D eigenvalue weighted by molar-refractivity contribution is 6.40. The van der Waals surface area contributed by atoms with Crippen molar-refractivity contribution in [3.05, 3.63) is 0 Å². The van der Waals surface area contributed by atoms with Crippen LogP contribution in [0.3, 0.4) is 0 Å². The van der Waals surface area contributed by atoms with Gasteiger partial charge in [0.05, 0.1) is 6.10 Å². The summed E-state index contributed by atoms with van der Waals surface area (Å²) in [6, 6.07) is 0.197. The molecule has 29 heavy (non-hydrogen) atoms. The second-order valence-electron chi connectivity index (χ2n) is 7.54. The fourth-order valence-electron chi connectivity index (χ4n) is 3.96. The highest BCUT2D eigenvalue weighted by atomic mass is 35.5. The lowest BCUT2D eigenvalue weighted by atomic mass is 9.77. The van der Waals surface area contributed by atoms with Crippen molar-refractivity contribution in [3.8, 4) is 0 Å². The van der Waals surface area contributed by atoms with E-state index in [-0.39, 0.29) is 49.2 Å². The lowest BCUT2D eigenvalue weighted by molar-refractivity contribution is -0.178. The standard InChI is InChI=1S/C17H31BN2O7.2ClH/c1-11(2)25-16(22)27-12(3)26-15(21)17(7-4-5-8-18(23)24)13-6-9-19-14(13)10-20-17;;/h11-14,19-20,23-24H,4-10H2,1-3H3;2*1H/t12?,13-,14-,17+;;/m0../s1. The van der Waals surface area contributed by atoms with E-state index in [0.717, 1.165) is 13.0 Å². The summed E-state index contributed by atoms with van der Waals surface area (Å²) in [5, 5.41) is 24.7. The Kier molecular flexibility index (Phi) is 12.5. The summed E-state index contributed by atoms with van der Waals surface area (Å²) >= 11 is 0. The molecular weight excluding hydrogens is 426 g/mol. The summed E-state index contributed by atoms with van der Waals surface area (Å²) in [5.41, 5.74) is -0.867. The van der Waals surface area contributed by atoms with Gasteiger partial charge in [0.25, 0.3) is 0 Å². The molecule has 1 unspecified atom stereocenters. The molecule has 0 aromatic rings. The van der Waals surface area contributed by atoms with Crippen LogP contribution in [0.2, 0.25) is 6.32 Å². The van der Waals surface area contributed by atoms with Crippen LogP contribution < -0.4 is 10.6 Å². The zero-order chi connectivity index (χ0) is 20.0. The van der Waals surface area contributed by atoms with E-state index in [2.05, 4.69) is 10.6 Å². The first kappa shape index (κ1) is 28.2. The molecule has 0 aromatic carbocycles. The number of esters is 1. The van der Waals surface area contributed by atoms with Gasteiger partial charge in [-0.05, 0) is 39.6 Å². The van der Waals surface area contributed by atoms with E-state index in [0.29, 0.717) is 25.8 Å². The van der Waals surface area contributed by atoms with Crippen molar-refractivity contribution >= 4 is 44.1 Å². The lowest BCUT2D eigenvalue weighted by Gasteiger charge is -2.33. The summed E-state index contributed by atoms with van der Waals surface area (Å²) < 4.78 is 15.3. The highest BCUT2D eigenvalue weighted by Gasteiger charge is 2.55. The second kappa shape index (κ2) is 12.8. The van der Waals surface area contributed by atoms with E-state index in [1.165, 1.54) is 6.92 Å². The van der Waals surface area contributed by atoms with E-state index < -0.39 is 31.1 Å². The molecule has 2 aliphatic heterocycles. The molecule has 0 spiro atoms. The van der Waals surface area contributed by atoms with Gasteiger partial charge in [0, 0.05) is 25.4 Å². The Morgan fingerprint density at radius 3 is 2.45 bits per heavy atom. The molecule has 0 amide bonds. The zero-order valence-corrected chi connectivity index (χ0v) is 18.7. The second-order valence-corrected chi connectivity index (χ2v) is 7.54. The van der Waals surface area contributed by atoms with Crippen molar-refractivity contribution in [1.82, 2.24) is 10.6 Å². The highest BCUT2D eigenvalue weighted by Crippen LogP contribution is 2.38. The van der Waals surface area contributed by atoms with Crippen LogP contribution in [0.4, 0.5) is 4.79 Å². The quantitative estimate of drug-likeness (QED) is 0.174. The minimum atomic E-state index is -1.34. The van der Waals surface area contributed by atoms with Crippen LogP contribution in [0.5, 0.6) is 0 Å². The Labute approximate surface area is 184 Å². The van der Waals surface area contributed by atoms with Gasteiger partial charge in [0.1, 0.15) is 5.54 Å². The van der Waals surface area contributed by atoms with Gasteiger partial charge in [-0.25, -0.2) is 9.59 Å². The molecule has 0 bridgehead atoms. The van der Waals surface area contributed by atoms with Crippen molar-refractivity contribution < 1.29 is 33.8 Å². The molecule has 9 nitrogen and oxygen atoms in total. The Morgan fingerprint density at radius 1 is 1.14 bits per heavy atom. The number of carbonyl (C=O) groups is 2. The van der Waals surface area contributed by atoms with Crippen LogP contribution in [0.25, 0.3) is 0 Å². The number of unbranched alkanes of at least 4 members (excludes halogenated alkanes) is 1. The average Bonchev–Trinajstić information content (AvgIpc) is 3.13. The Hall–Kier alpha value is -0.775. The molecule has 170 valence electrons. The molecule has 2 rings (SSSR count). The van der Waals surface area contributed by atoms with Gasteiger partial charge in [-0.2, -0.15) is 0 Å². The average molecular weight is 459 g/mol. The molecule has 2 fully saturated rings. The molecule has 2 saturated heterocycles. The predicted molar refractivity (Wildman–Crippen MR) is 112 cm³/mol. The number of hydrogen-bond acceptors (Lipinski definition) is 9. The maximum atomic E-state index is 13.0. The number of ether oxygens (including phenoxy) is 3. The third-order valence-electron chi connectivity index (χ3n) is 5.13. The smallest absolute Gasteiger partial charge is 0.431 e. The molecule has 0 aliphatic carbocycles. The molecular formula is C17H33BCl2N2O7. The summed E-state index contributed by atoms with van der Waals surface area (Å²) in [5.74, 6) is -0.369. The summed E-state index contributed by atoms with van der Waals surface area (Å²) in [7, 11) is -1.34. The minimum Gasteiger partial charge on any atom is -0.431 e. The largest absolute Gasteiger partial charge is 0.511 e. The van der Waals surface area contributed by atoms with Gasteiger partial charge >= 0.3 is 19.2 Å². The molecule has 12 heteroatoms. The first-order valence-corrected chi connectivity index (χ1v) is 9.67. The van der Waals surface area contributed by atoms with Crippen molar-refractivity contribution in [3.63, 3.8) is 0 Å². The van der Waals surface area contributed by atoms with Gasteiger partial charge in [-0.1, -0.05) is 12.8 Å². The maximum absolute atomic E-state index is 13.0. The molecule has 0 radical (unpaired) electrons. The van der Waals surface area contributed by atoms with Gasteiger partial charge in [0.2, 0.25) is 6.29 Å². The lowest BCUT2D eigenvalue weighted by Crippen LogP contribution is -2.54. The first-order chi connectivity index (χ1) is 12.7. The predicted octanol–water partition coefficient (Wildman–Crippen LogP) is 1.24. The molecule has 2 aliphatic rings. The van der Waals surface area contributed by atoms with E-state index in [4.69, 9.17) is 24.3 Å². The van der Waals surface area contributed by atoms with Crippen molar-refractivity contribution in [2.75, 3.05) is 13.1 Å². The first-order valence-electron chi connectivity index (χ1n) is 9.67. The Morgan fingerprint density at radius 2 is 1.83 bits per heavy atom. The summed E-state index contributed by atoms with van der Waals surface area (Å²) in [6.07, 6.45) is 0.601. The van der Waals surface area contributed by atoms with E-state index in [1.807, 2.05) is 0 Å². The summed E-state index contributed by atoms with van der Waals surface area (Å²) in [4.78, 5) is 24.6. The van der Waals surface area contributed by atoms with E-state index >= 15 is 0 Å². The van der Waals surface area contributed by atoms with Gasteiger partial charge in [-0.3, -0.25) is 0 Å². The topological polar surface area (TPSA) is 126 Å². The van der Waals surface area contributed by atoms with Crippen LogP contribution in [0.15, 0.2) is 0 Å². The maximum Gasteiger partial charge on any atom is 0.511 e. The minimum absolute atomic E-state index is 0. The number of nitrogens with one attached hydrogen (secondary N) is 2. The molecule has 4 atom stereocenters. The normalized spacial score (nSPS) is 26.0. The molecule has 0 aromatic heterocycles. The number of hydrogen-bond donors (Lipinski definition) is 4. The van der Waals surface area contributed by atoms with Crippen molar-refractivity contribution in [2.45, 2.75) is 76.7 Å². The van der Waals surface area contributed by atoms with E-state index in [1.54, 1.807) is 13.8 Å². The van der Waals surface area contributed by atoms with Crippen LogP contribution in [0.1, 0.15) is 46.5 Å². The third-order valence-corrected chi connectivity index (χ3v) is 5.13. The fourth-order valence-corrected chi connectivity index (χ4v) is 3.96. The van der Waals surface area contributed by atoms with Crippen LogP contribution in [-0.4, -0.2) is 66.4 Å². The fraction of sp³-hybridized carbons (Fsp3) is 0.882. The zero-order valence-electron chi connectivity index (χ0n) is 17.1. The number of halogens is 2. The van der Waals surface area contributed by atoms with Crippen molar-refractivity contribution in [2.24, 2.45) is 5.92 Å². The number of carbonyl (C=O) groups excluding carboxylic acids is 2. The monoisotopic (exact) mass is 458 g/mol. The third kappa shape index (κ3) is 7.77. The van der Waals surface area contributed by atoms with Crippen LogP contribution in [-0.2, 0) is 19.0 Å². The van der Waals surface area contributed by atoms with Crippen molar-refractivity contribution in [1.29, 1.82) is 0 Å². The molecule has 2 heterocycles. The number of rotatable bonds is 9. The van der Waals surface area contributed by atoms with Crippen LogP contribution >= 0.6 is 24.8 Å². The Bertz CT molecular complexity index is 530. The van der Waals surface area contributed by atoms with Gasteiger partial charge in [0.15, 0.2) is 0 Å². The number of fused-ring (bicyclic) bond motifs is 1. The Balaban J connectivity index is 0.00000392. The molecule has 0 saturated carbocycles. The van der Waals surface area contributed by atoms with Gasteiger partial charge in [-0.15, -0.1) is 24.8 Å². The van der Waals surface area contributed by atoms with E-state index in [9.17, 15) is 9.59 Å². The van der Waals surface area contributed by atoms with Crippen LogP contribution in [0, 0.1) is 5.92 Å². The SMILES string of the molecule is CC(C)OC(=O)OC(C)OC(=O)[C@]1(CCCCB(O)O)NC[C@@H]2NCC[C@@H]21.Cl.Cl.